The van der Waals surface area contributed by atoms with Gasteiger partial charge in [0.25, 0.3) is 0 Å². The lowest BCUT2D eigenvalue weighted by atomic mass is 9.57. The van der Waals surface area contributed by atoms with Gasteiger partial charge in [-0.1, -0.05) is 34.6 Å². The average Bonchev–Trinajstić information content (AvgIpc) is 2.73. The zero-order valence-electron chi connectivity index (χ0n) is 13.8. The fraction of sp³-hybridized carbons (Fsp3) is 1.00. The van der Waals surface area contributed by atoms with Gasteiger partial charge < -0.3 is 5.73 Å². The summed E-state index contributed by atoms with van der Waals surface area (Å²) in [6, 6.07) is 0.772. The van der Waals surface area contributed by atoms with Gasteiger partial charge in [0.15, 0.2) is 0 Å². The third-order valence-corrected chi connectivity index (χ3v) is 5.41. The Morgan fingerprint density at radius 3 is 2.11 bits per heavy atom. The van der Waals surface area contributed by atoms with Gasteiger partial charge in [-0.3, -0.25) is 4.90 Å². The summed E-state index contributed by atoms with van der Waals surface area (Å²) < 4.78 is 0. The minimum atomic E-state index is 0.252. The number of hydrogen-bond donors (Lipinski definition) is 1. The Balaban J connectivity index is 2.30. The molecule has 0 amide bonds. The van der Waals surface area contributed by atoms with Crippen LogP contribution in [0.5, 0.6) is 0 Å². The zero-order valence-corrected chi connectivity index (χ0v) is 13.8. The van der Waals surface area contributed by atoms with Gasteiger partial charge in [-0.05, 0) is 55.9 Å². The molecular weight excluding hydrogens is 232 g/mol. The third kappa shape index (κ3) is 3.00. The Hall–Kier alpha value is -0.0800. The SMILES string of the molecule is CCC1CCCN1C1(CN)CC(C)(C)CC(C)(C)C1. The van der Waals surface area contributed by atoms with E-state index in [-0.39, 0.29) is 5.54 Å². The predicted molar refractivity (Wildman–Crippen MR) is 83.2 cm³/mol. The van der Waals surface area contributed by atoms with Crippen molar-refractivity contribution in [3.05, 3.63) is 0 Å². The van der Waals surface area contributed by atoms with E-state index >= 15 is 0 Å². The van der Waals surface area contributed by atoms with Crippen molar-refractivity contribution < 1.29 is 0 Å². The first kappa shape index (κ1) is 15.3. The van der Waals surface area contributed by atoms with Crippen LogP contribution < -0.4 is 5.73 Å². The predicted octanol–water partition coefficient (Wildman–Crippen LogP) is 3.79. The van der Waals surface area contributed by atoms with Crippen LogP contribution in [-0.2, 0) is 0 Å². The fourth-order valence-electron chi connectivity index (χ4n) is 5.61. The van der Waals surface area contributed by atoms with Gasteiger partial charge in [0.05, 0.1) is 0 Å². The molecule has 112 valence electrons. The van der Waals surface area contributed by atoms with Gasteiger partial charge in [0.1, 0.15) is 0 Å². The molecule has 1 aliphatic carbocycles. The molecular formula is C17H34N2. The Bertz CT molecular complexity index is 303. The molecule has 0 aromatic heterocycles. The Morgan fingerprint density at radius 2 is 1.63 bits per heavy atom. The van der Waals surface area contributed by atoms with Crippen LogP contribution in [0.15, 0.2) is 0 Å². The molecule has 1 atom stereocenters. The molecule has 19 heavy (non-hydrogen) atoms. The number of nitrogens with zero attached hydrogens (tertiary/aromatic N) is 1. The molecule has 0 spiro atoms. The molecule has 1 unspecified atom stereocenters. The van der Waals surface area contributed by atoms with E-state index in [4.69, 9.17) is 5.73 Å². The fourth-order valence-corrected chi connectivity index (χ4v) is 5.61. The molecule has 2 fully saturated rings. The van der Waals surface area contributed by atoms with E-state index in [1.54, 1.807) is 0 Å². The molecule has 0 aromatic carbocycles. The molecule has 2 N–H and O–H groups in total. The van der Waals surface area contributed by atoms with E-state index in [1.165, 1.54) is 45.1 Å². The number of hydrogen-bond acceptors (Lipinski definition) is 2. The maximum atomic E-state index is 6.34. The number of nitrogens with two attached hydrogens (primary N) is 1. The highest BCUT2D eigenvalue weighted by Crippen LogP contribution is 2.53. The first-order valence-electron chi connectivity index (χ1n) is 8.20. The lowest BCUT2D eigenvalue weighted by Gasteiger charge is -2.56. The Morgan fingerprint density at radius 1 is 1.05 bits per heavy atom. The highest BCUT2D eigenvalue weighted by Gasteiger charge is 2.51. The molecule has 0 radical (unpaired) electrons. The summed E-state index contributed by atoms with van der Waals surface area (Å²) in [4.78, 5) is 2.80. The maximum Gasteiger partial charge on any atom is 0.0344 e. The second-order valence-corrected chi connectivity index (χ2v) is 8.68. The standard InChI is InChI=1S/C17H34N2/c1-6-14-8-7-9-19(14)17(13-18)11-15(2,3)10-16(4,5)12-17/h14H,6-13,18H2,1-5H3. The smallest absolute Gasteiger partial charge is 0.0344 e. The minimum absolute atomic E-state index is 0.252. The summed E-state index contributed by atoms with van der Waals surface area (Å²) in [5.74, 6) is 0. The van der Waals surface area contributed by atoms with Crippen LogP contribution in [0.1, 0.15) is 73.1 Å². The van der Waals surface area contributed by atoms with Crippen molar-refractivity contribution in [2.24, 2.45) is 16.6 Å². The summed E-state index contributed by atoms with van der Waals surface area (Å²) in [6.07, 6.45) is 7.89. The van der Waals surface area contributed by atoms with Crippen LogP contribution in [0.4, 0.5) is 0 Å². The largest absolute Gasteiger partial charge is 0.329 e. The quantitative estimate of drug-likeness (QED) is 0.842. The summed E-state index contributed by atoms with van der Waals surface area (Å²) >= 11 is 0. The summed E-state index contributed by atoms with van der Waals surface area (Å²) in [7, 11) is 0. The van der Waals surface area contributed by atoms with Crippen molar-refractivity contribution in [3.8, 4) is 0 Å². The van der Waals surface area contributed by atoms with E-state index < -0.39 is 0 Å². The average molecular weight is 266 g/mol. The van der Waals surface area contributed by atoms with Crippen molar-refractivity contribution in [1.82, 2.24) is 4.90 Å². The highest BCUT2D eigenvalue weighted by molar-refractivity contribution is 5.06. The second kappa shape index (κ2) is 5.04. The third-order valence-electron chi connectivity index (χ3n) is 5.41. The van der Waals surface area contributed by atoms with Gasteiger partial charge in [-0.2, -0.15) is 0 Å². The van der Waals surface area contributed by atoms with Crippen molar-refractivity contribution >= 4 is 0 Å². The monoisotopic (exact) mass is 266 g/mol. The topological polar surface area (TPSA) is 29.3 Å². The molecule has 1 aliphatic heterocycles. The van der Waals surface area contributed by atoms with Crippen molar-refractivity contribution in [2.75, 3.05) is 13.1 Å². The van der Waals surface area contributed by atoms with E-state index in [0.29, 0.717) is 10.8 Å². The van der Waals surface area contributed by atoms with Crippen LogP contribution in [-0.4, -0.2) is 29.6 Å². The van der Waals surface area contributed by atoms with Gasteiger partial charge in [-0.15, -0.1) is 0 Å². The van der Waals surface area contributed by atoms with Crippen molar-refractivity contribution in [1.29, 1.82) is 0 Å². The van der Waals surface area contributed by atoms with Crippen LogP contribution in [0.2, 0.25) is 0 Å². The Labute approximate surface area is 120 Å². The van der Waals surface area contributed by atoms with Gasteiger partial charge in [0.2, 0.25) is 0 Å². The second-order valence-electron chi connectivity index (χ2n) is 8.68. The molecule has 2 heteroatoms. The lowest BCUT2D eigenvalue weighted by Crippen LogP contribution is -2.61. The number of likely N-dealkylation sites (tertiary alicyclic amines) is 1. The van der Waals surface area contributed by atoms with Crippen molar-refractivity contribution in [2.45, 2.75) is 84.7 Å². The van der Waals surface area contributed by atoms with Crippen LogP contribution in [0.3, 0.4) is 0 Å². The molecule has 0 aromatic rings. The minimum Gasteiger partial charge on any atom is -0.329 e. The maximum absolute atomic E-state index is 6.34. The summed E-state index contributed by atoms with van der Waals surface area (Å²) in [6.45, 7) is 14.2. The lowest BCUT2D eigenvalue weighted by molar-refractivity contribution is -0.0500. The molecule has 2 aliphatic rings. The van der Waals surface area contributed by atoms with E-state index in [1.807, 2.05) is 0 Å². The highest BCUT2D eigenvalue weighted by atomic mass is 15.3. The molecule has 0 bridgehead atoms. The van der Waals surface area contributed by atoms with Gasteiger partial charge >= 0.3 is 0 Å². The van der Waals surface area contributed by atoms with Gasteiger partial charge in [-0.25, -0.2) is 0 Å². The normalized spacial score (nSPS) is 33.5. The van der Waals surface area contributed by atoms with Crippen LogP contribution in [0, 0.1) is 10.8 Å². The first-order valence-corrected chi connectivity index (χ1v) is 8.20. The van der Waals surface area contributed by atoms with E-state index in [0.717, 1.165) is 12.6 Å². The first-order chi connectivity index (χ1) is 8.74. The molecule has 2 rings (SSSR count). The summed E-state index contributed by atoms with van der Waals surface area (Å²) in [5.41, 5.74) is 7.43. The Kier molecular flexibility index (Phi) is 4.06. The molecule has 1 saturated carbocycles. The van der Waals surface area contributed by atoms with E-state index in [9.17, 15) is 0 Å². The van der Waals surface area contributed by atoms with Crippen molar-refractivity contribution in [3.63, 3.8) is 0 Å². The van der Waals surface area contributed by atoms with Crippen LogP contribution in [0.25, 0.3) is 0 Å². The number of rotatable bonds is 3. The van der Waals surface area contributed by atoms with E-state index in [2.05, 4.69) is 39.5 Å². The van der Waals surface area contributed by atoms with Crippen LogP contribution >= 0.6 is 0 Å². The van der Waals surface area contributed by atoms with Gasteiger partial charge in [0, 0.05) is 18.1 Å². The molecule has 1 saturated heterocycles. The summed E-state index contributed by atoms with van der Waals surface area (Å²) in [5, 5.41) is 0. The molecule has 1 heterocycles. The molecule has 2 nitrogen and oxygen atoms in total. The zero-order chi connectivity index (χ0) is 14.3.